The molecule has 0 saturated heterocycles. The van der Waals surface area contributed by atoms with Crippen LogP contribution in [0.1, 0.15) is 33.3 Å². The van der Waals surface area contributed by atoms with E-state index >= 15 is 0 Å². The minimum absolute atomic E-state index is 0.188. The Bertz CT molecular complexity index is 522. The highest BCUT2D eigenvalue weighted by molar-refractivity contribution is 5.45. The highest BCUT2D eigenvalue weighted by Gasteiger charge is 2.21. The van der Waals surface area contributed by atoms with Crippen LogP contribution in [0.4, 0.5) is 5.95 Å². The third kappa shape index (κ3) is 2.57. The number of nitrogens with one attached hydrogen (secondary N) is 1. The number of rotatable bonds is 2. The Morgan fingerprint density at radius 3 is 2.71 bits per heavy atom. The maximum absolute atomic E-state index is 4.47. The second kappa shape index (κ2) is 4.02. The standard InChI is InChI=1S/C13H20N4/c1-9-6-7-17-11(8-9)15-12(16-17)14-10(2)13(3,4)5/h6-8,10H,1-5H3,(H,14,16). The predicted molar refractivity (Wildman–Crippen MR) is 70.3 cm³/mol. The lowest BCUT2D eigenvalue weighted by molar-refractivity contribution is 0.358. The molecule has 17 heavy (non-hydrogen) atoms. The van der Waals surface area contributed by atoms with Gasteiger partial charge in [0.1, 0.15) is 0 Å². The van der Waals surface area contributed by atoms with Crippen LogP contribution in [0, 0.1) is 12.3 Å². The Hall–Kier alpha value is -1.58. The van der Waals surface area contributed by atoms with Gasteiger partial charge >= 0.3 is 0 Å². The molecule has 0 radical (unpaired) electrons. The van der Waals surface area contributed by atoms with Crippen molar-refractivity contribution < 1.29 is 0 Å². The average molecular weight is 232 g/mol. The Balaban J connectivity index is 2.25. The van der Waals surface area contributed by atoms with E-state index in [1.807, 2.05) is 18.3 Å². The molecule has 0 aliphatic carbocycles. The fourth-order valence-electron chi connectivity index (χ4n) is 1.45. The number of hydrogen-bond donors (Lipinski definition) is 1. The van der Waals surface area contributed by atoms with Gasteiger partial charge in [0, 0.05) is 12.2 Å². The predicted octanol–water partition coefficient (Wildman–Crippen LogP) is 2.88. The molecular weight excluding hydrogens is 212 g/mol. The van der Waals surface area contributed by atoms with Gasteiger partial charge in [-0.15, -0.1) is 5.10 Å². The van der Waals surface area contributed by atoms with Gasteiger partial charge in [0.15, 0.2) is 5.65 Å². The first-order valence-electron chi connectivity index (χ1n) is 5.96. The molecule has 0 saturated carbocycles. The van der Waals surface area contributed by atoms with Gasteiger partial charge in [-0.25, -0.2) is 4.52 Å². The lowest BCUT2D eigenvalue weighted by atomic mass is 9.88. The van der Waals surface area contributed by atoms with E-state index in [1.54, 1.807) is 4.52 Å². The molecule has 0 fully saturated rings. The molecule has 2 heterocycles. The monoisotopic (exact) mass is 232 g/mol. The van der Waals surface area contributed by atoms with E-state index in [2.05, 4.69) is 50.0 Å². The van der Waals surface area contributed by atoms with E-state index in [0.29, 0.717) is 12.0 Å². The van der Waals surface area contributed by atoms with Crippen molar-refractivity contribution in [3.8, 4) is 0 Å². The Labute approximate surface area is 102 Å². The van der Waals surface area contributed by atoms with E-state index in [9.17, 15) is 0 Å². The summed E-state index contributed by atoms with van der Waals surface area (Å²) < 4.78 is 1.80. The van der Waals surface area contributed by atoms with Gasteiger partial charge in [-0.2, -0.15) is 4.98 Å². The molecule has 0 amide bonds. The van der Waals surface area contributed by atoms with Crippen LogP contribution in [0.3, 0.4) is 0 Å². The van der Waals surface area contributed by atoms with Crippen LogP contribution < -0.4 is 5.32 Å². The summed E-state index contributed by atoms with van der Waals surface area (Å²) in [6.07, 6.45) is 1.94. The zero-order valence-electron chi connectivity index (χ0n) is 11.2. The number of fused-ring (bicyclic) bond motifs is 1. The van der Waals surface area contributed by atoms with Gasteiger partial charge in [0.25, 0.3) is 0 Å². The summed E-state index contributed by atoms with van der Waals surface area (Å²) in [5.74, 6) is 0.693. The molecule has 0 aromatic carbocycles. The molecule has 2 rings (SSSR count). The first kappa shape index (κ1) is 11.9. The molecule has 4 nitrogen and oxygen atoms in total. The number of hydrogen-bond acceptors (Lipinski definition) is 3. The summed E-state index contributed by atoms with van der Waals surface area (Å²) in [6, 6.07) is 4.37. The molecule has 1 N–H and O–H groups in total. The van der Waals surface area contributed by atoms with Gasteiger partial charge in [-0.3, -0.25) is 0 Å². The summed E-state index contributed by atoms with van der Waals surface area (Å²) in [5, 5.41) is 7.75. The molecule has 0 aliphatic heterocycles. The lowest BCUT2D eigenvalue weighted by Crippen LogP contribution is -2.31. The molecule has 1 unspecified atom stereocenters. The van der Waals surface area contributed by atoms with Crippen molar-refractivity contribution in [2.75, 3.05) is 5.32 Å². The molecule has 4 heteroatoms. The van der Waals surface area contributed by atoms with Crippen molar-refractivity contribution >= 4 is 11.6 Å². The van der Waals surface area contributed by atoms with Crippen molar-refractivity contribution in [3.05, 3.63) is 23.9 Å². The highest BCUT2D eigenvalue weighted by atomic mass is 15.3. The number of nitrogens with zero attached hydrogens (tertiary/aromatic N) is 3. The SMILES string of the molecule is Cc1ccn2nc(NC(C)C(C)(C)C)nc2c1. The number of aromatic nitrogens is 3. The van der Waals surface area contributed by atoms with Crippen molar-refractivity contribution in [1.29, 1.82) is 0 Å². The van der Waals surface area contributed by atoms with Gasteiger partial charge in [-0.1, -0.05) is 20.8 Å². The quantitative estimate of drug-likeness (QED) is 0.865. The summed E-state index contributed by atoms with van der Waals surface area (Å²) >= 11 is 0. The van der Waals surface area contributed by atoms with Gasteiger partial charge < -0.3 is 5.32 Å². The van der Waals surface area contributed by atoms with Crippen LogP contribution in [-0.4, -0.2) is 20.6 Å². The van der Waals surface area contributed by atoms with E-state index in [-0.39, 0.29) is 5.41 Å². The molecule has 0 aliphatic rings. The second-order valence-electron chi connectivity index (χ2n) is 5.67. The molecule has 0 spiro atoms. The summed E-state index contributed by atoms with van der Waals surface area (Å²) in [6.45, 7) is 10.8. The average Bonchev–Trinajstić information content (AvgIpc) is 2.57. The zero-order chi connectivity index (χ0) is 12.6. The summed E-state index contributed by atoms with van der Waals surface area (Å²) in [4.78, 5) is 4.47. The van der Waals surface area contributed by atoms with Crippen LogP contribution in [0.5, 0.6) is 0 Å². The minimum Gasteiger partial charge on any atom is -0.350 e. The normalized spacial score (nSPS) is 13.9. The number of anilines is 1. The van der Waals surface area contributed by atoms with Crippen LogP contribution in [-0.2, 0) is 0 Å². The fraction of sp³-hybridized carbons (Fsp3) is 0.538. The van der Waals surface area contributed by atoms with E-state index in [1.165, 1.54) is 5.56 Å². The van der Waals surface area contributed by atoms with E-state index < -0.39 is 0 Å². The first-order chi connectivity index (χ1) is 7.86. The molecule has 0 bridgehead atoms. The minimum atomic E-state index is 0.188. The van der Waals surface area contributed by atoms with Crippen molar-refractivity contribution in [2.45, 2.75) is 40.7 Å². The van der Waals surface area contributed by atoms with E-state index in [4.69, 9.17) is 0 Å². The van der Waals surface area contributed by atoms with Gasteiger partial charge in [0.05, 0.1) is 0 Å². The number of pyridine rings is 1. The zero-order valence-corrected chi connectivity index (χ0v) is 11.2. The molecule has 1 atom stereocenters. The Morgan fingerprint density at radius 2 is 2.06 bits per heavy atom. The van der Waals surface area contributed by atoms with Crippen LogP contribution >= 0.6 is 0 Å². The highest BCUT2D eigenvalue weighted by Crippen LogP contribution is 2.21. The van der Waals surface area contributed by atoms with E-state index in [0.717, 1.165) is 5.65 Å². The summed E-state index contributed by atoms with van der Waals surface area (Å²) in [7, 11) is 0. The fourth-order valence-corrected chi connectivity index (χ4v) is 1.45. The third-order valence-corrected chi connectivity index (χ3v) is 3.14. The smallest absolute Gasteiger partial charge is 0.243 e. The molecule has 2 aromatic heterocycles. The Morgan fingerprint density at radius 1 is 1.35 bits per heavy atom. The molecule has 92 valence electrons. The molecule has 2 aromatic rings. The van der Waals surface area contributed by atoms with Crippen LogP contribution in [0.25, 0.3) is 5.65 Å². The van der Waals surface area contributed by atoms with Gasteiger partial charge in [0.2, 0.25) is 5.95 Å². The van der Waals surface area contributed by atoms with Crippen molar-refractivity contribution in [3.63, 3.8) is 0 Å². The van der Waals surface area contributed by atoms with Crippen molar-refractivity contribution in [1.82, 2.24) is 14.6 Å². The topological polar surface area (TPSA) is 42.2 Å². The maximum Gasteiger partial charge on any atom is 0.243 e. The Kier molecular flexibility index (Phi) is 2.81. The van der Waals surface area contributed by atoms with Crippen molar-refractivity contribution in [2.24, 2.45) is 5.41 Å². The summed E-state index contributed by atoms with van der Waals surface area (Å²) in [5.41, 5.74) is 2.27. The largest absolute Gasteiger partial charge is 0.350 e. The second-order valence-corrected chi connectivity index (χ2v) is 5.67. The maximum atomic E-state index is 4.47. The lowest BCUT2D eigenvalue weighted by Gasteiger charge is -2.27. The third-order valence-electron chi connectivity index (χ3n) is 3.14. The van der Waals surface area contributed by atoms with Crippen LogP contribution in [0.15, 0.2) is 18.3 Å². The molecular formula is C13H20N4. The number of aryl methyl sites for hydroxylation is 1. The van der Waals surface area contributed by atoms with Gasteiger partial charge in [-0.05, 0) is 37.0 Å². The van der Waals surface area contributed by atoms with Crippen LogP contribution in [0.2, 0.25) is 0 Å². The first-order valence-corrected chi connectivity index (χ1v) is 5.96.